The lowest BCUT2D eigenvalue weighted by Crippen LogP contribution is -1.90. The van der Waals surface area contributed by atoms with Crippen molar-refractivity contribution in [3.05, 3.63) is 40.7 Å². The second kappa shape index (κ2) is 4.39. The van der Waals surface area contributed by atoms with Gasteiger partial charge in [0.15, 0.2) is 0 Å². The van der Waals surface area contributed by atoms with Crippen LogP contribution in [0, 0.1) is 11.6 Å². The van der Waals surface area contributed by atoms with Gasteiger partial charge in [-0.15, -0.1) is 11.6 Å². The maximum Gasteiger partial charge on any atom is 0.230 e. The molecular weight excluding hydrogens is 259 g/mol. The molecule has 0 radical (unpaired) electrons. The van der Waals surface area contributed by atoms with E-state index in [1.165, 1.54) is 6.26 Å². The highest BCUT2D eigenvalue weighted by Gasteiger charge is 2.18. The maximum atomic E-state index is 13.4. The molecule has 2 aromatic rings. The van der Waals surface area contributed by atoms with Crippen molar-refractivity contribution in [2.75, 3.05) is 0 Å². The van der Waals surface area contributed by atoms with Crippen molar-refractivity contribution in [1.29, 1.82) is 0 Å². The lowest BCUT2D eigenvalue weighted by molar-refractivity contribution is 0.556. The fourth-order valence-electron chi connectivity index (χ4n) is 1.21. The fraction of sp³-hybridized carbons (Fsp3) is 0.100. The second-order valence-electron chi connectivity index (χ2n) is 3.00. The number of hydrogen-bond acceptors (Lipinski definition) is 2. The van der Waals surface area contributed by atoms with Gasteiger partial charge in [0.25, 0.3) is 0 Å². The van der Waals surface area contributed by atoms with E-state index in [0.29, 0.717) is 5.69 Å². The van der Waals surface area contributed by atoms with E-state index in [-0.39, 0.29) is 22.4 Å². The molecule has 0 amide bonds. The monoisotopic (exact) mass is 263 g/mol. The van der Waals surface area contributed by atoms with Crippen LogP contribution < -0.4 is 0 Å². The maximum absolute atomic E-state index is 13.4. The Morgan fingerprint density at radius 1 is 1.25 bits per heavy atom. The zero-order valence-corrected chi connectivity index (χ0v) is 9.32. The van der Waals surface area contributed by atoms with Gasteiger partial charge in [-0.05, 0) is 12.1 Å². The molecule has 0 aliphatic heterocycles. The molecule has 0 unspecified atom stereocenters. The first-order valence-corrected chi connectivity index (χ1v) is 5.19. The number of alkyl halides is 1. The Bertz CT molecular complexity index is 528. The van der Waals surface area contributed by atoms with Gasteiger partial charge < -0.3 is 4.42 Å². The van der Waals surface area contributed by atoms with Gasteiger partial charge in [-0.3, -0.25) is 0 Å². The summed E-state index contributed by atoms with van der Waals surface area (Å²) in [5.41, 5.74) is 0.231. The standard InChI is InChI=1S/C10H5Cl2F2NO/c11-3-5-4-16-10(15-5)8-6(13)1-2-7(14)9(8)12/h1-2,4H,3H2. The Balaban J connectivity index is 2.58. The van der Waals surface area contributed by atoms with E-state index < -0.39 is 11.6 Å². The molecule has 1 aromatic heterocycles. The van der Waals surface area contributed by atoms with Crippen LogP contribution in [0.25, 0.3) is 11.5 Å². The highest BCUT2D eigenvalue weighted by Crippen LogP contribution is 2.32. The molecule has 16 heavy (non-hydrogen) atoms. The summed E-state index contributed by atoms with van der Waals surface area (Å²) in [6, 6.07) is 1.90. The van der Waals surface area contributed by atoms with Crippen molar-refractivity contribution in [2.45, 2.75) is 5.88 Å². The van der Waals surface area contributed by atoms with Crippen LogP contribution in [0.2, 0.25) is 5.02 Å². The van der Waals surface area contributed by atoms with E-state index in [0.717, 1.165) is 12.1 Å². The zero-order valence-electron chi connectivity index (χ0n) is 7.81. The van der Waals surface area contributed by atoms with Crippen LogP contribution in [-0.4, -0.2) is 4.98 Å². The first-order valence-electron chi connectivity index (χ1n) is 4.27. The van der Waals surface area contributed by atoms with Gasteiger partial charge in [-0.2, -0.15) is 0 Å². The van der Waals surface area contributed by atoms with Crippen LogP contribution in [0.15, 0.2) is 22.8 Å². The van der Waals surface area contributed by atoms with Gasteiger partial charge in [0.1, 0.15) is 17.9 Å². The van der Waals surface area contributed by atoms with Crippen LogP contribution in [0.3, 0.4) is 0 Å². The molecule has 0 aliphatic carbocycles. The molecule has 0 spiro atoms. The highest BCUT2D eigenvalue weighted by atomic mass is 35.5. The van der Waals surface area contributed by atoms with E-state index in [9.17, 15) is 8.78 Å². The van der Waals surface area contributed by atoms with E-state index in [2.05, 4.69) is 4.98 Å². The molecular formula is C10H5Cl2F2NO. The second-order valence-corrected chi connectivity index (χ2v) is 3.64. The minimum absolute atomic E-state index is 0.0855. The summed E-state index contributed by atoms with van der Waals surface area (Å²) in [4.78, 5) is 3.87. The first-order chi connectivity index (χ1) is 7.63. The van der Waals surface area contributed by atoms with Crippen LogP contribution >= 0.6 is 23.2 Å². The number of aromatic nitrogens is 1. The molecule has 84 valence electrons. The molecule has 0 saturated heterocycles. The molecule has 0 saturated carbocycles. The third-order valence-corrected chi connectivity index (χ3v) is 2.59. The number of nitrogens with zero attached hydrogens (tertiary/aromatic N) is 1. The molecule has 0 aliphatic rings. The largest absolute Gasteiger partial charge is 0.444 e. The summed E-state index contributed by atoms with van der Waals surface area (Å²) in [7, 11) is 0. The van der Waals surface area contributed by atoms with Gasteiger partial charge in [0, 0.05) is 0 Å². The Labute approximate surface area is 99.8 Å². The quantitative estimate of drug-likeness (QED) is 0.605. The highest BCUT2D eigenvalue weighted by molar-refractivity contribution is 6.33. The third kappa shape index (κ3) is 1.90. The van der Waals surface area contributed by atoms with Gasteiger partial charge in [0.2, 0.25) is 5.89 Å². The topological polar surface area (TPSA) is 26.0 Å². The molecule has 0 N–H and O–H groups in total. The SMILES string of the molecule is Fc1ccc(F)c(-c2nc(CCl)co2)c1Cl. The van der Waals surface area contributed by atoms with Crippen LogP contribution in [-0.2, 0) is 5.88 Å². The van der Waals surface area contributed by atoms with Crippen molar-refractivity contribution in [3.8, 4) is 11.5 Å². The molecule has 0 fully saturated rings. The smallest absolute Gasteiger partial charge is 0.230 e. The lowest BCUT2D eigenvalue weighted by atomic mass is 10.2. The Morgan fingerprint density at radius 2 is 1.94 bits per heavy atom. The van der Waals surface area contributed by atoms with Crippen molar-refractivity contribution < 1.29 is 13.2 Å². The predicted molar refractivity (Wildman–Crippen MR) is 56.4 cm³/mol. The van der Waals surface area contributed by atoms with Crippen LogP contribution in [0.4, 0.5) is 8.78 Å². The summed E-state index contributed by atoms with van der Waals surface area (Å²) in [6.45, 7) is 0. The number of benzene rings is 1. The first kappa shape index (κ1) is 11.4. The van der Waals surface area contributed by atoms with Gasteiger partial charge >= 0.3 is 0 Å². The van der Waals surface area contributed by atoms with E-state index in [1.54, 1.807) is 0 Å². The van der Waals surface area contributed by atoms with E-state index >= 15 is 0 Å². The number of rotatable bonds is 2. The van der Waals surface area contributed by atoms with Gasteiger partial charge in [-0.1, -0.05) is 11.6 Å². The summed E-state index contributed by atoms with van der Waals surface area (Å²) >= 11 is 11.2. The number of hydrogen-bond donors (Lipinski definition) is 0. The Kier molecular flexibility index (Phi) is 3.12. The van der Waals surface area contributed by atoms with Crippen molar-refractivity contribution >= 4 is 23.2 Å². The third-order valence-electron chi connectivity index (χ3n) is 1.95. The number of halogens is 4. The molecule has 1 aromatic carbocycles. The molecule has 2 rings (SSSR count). The molecule has 6 heteroatoms. The van der Waals surface area contributed by atoms with Gasteiger partial charge in [0.05, 0.1) is 22.2 Å². The number of oxazole rings is 1. The van der Waals surface area contributed by atoms with Crippen molar-refractivity contribution in [2.24, 2.45) is 0 Å². The average Bonchev–Trinajstić information content (AvgIpc) is 2.73. The average molecular weight is 264 g/mol. The molecule has 0 bridgehead atoms. The van der Waals surface area contributed by atoms with Crippen molar-refractivity contribution in [3.63, 3.8) is 0 Å². The summed E-state index contributed by atoms with van der Waals surface area (Å²) < 4.78 is 31.6. The minimum atomic E-state index is -0.733. The fourth-order valence-corrected chi connectivity index (χ4v) is 1.56. The Morgan fingerprint density at radius 3 is 2.56 bits per heavy atom. The minimum Gasteiger partial charge on any atom is -0.444 e. The summed E-state index contributed by atoms with van der Waals surface area (Å²) in [6.07, 6.45) is 1.27. The van der Waals surface area contributed by atoms with E-state index in [4.69, 9.17) is 27.6 Å². The summed E-state index contributed by atoms with van der Waals surface area (Å²) in [5, 5.41) is -0.358. The van der Waals surface area contributed by atoms with Crippen LogP contribution in [0.5, 0.6) is 0 Å². The molecule has 2 nitrogen and oxygen atoms in total. The lowest BCUT2D eigenvalue weighted by Gasteiger charge is -2.01. The molecule has 1 heterocycles. The van der Waals surface area contributed by atoms with E-state index in [1.807, 2.05) is 0 Å². The van der Waals surface area contributed by atoms with Gasteiger partial charge in [-0.25, -0.2) is 13.8 Å². The Hall–Kier alpha value is -1.13. The summed E-state index contributed by atoms with van der Waals surface area (Å²) in [5.74, 6) is -1.39. The van der Waals surface area contributed by atoms with Crippen LogP contribution in [0.1, 0.15) is 5.69 Å². The molecule has 0 atom stereocenters. The normalized spacial score (nSPS) is 10.8. The van der Waals surface area contributed by atoms with Crippen molar-refractivity contribution in [1.82, 2.24) is 4.98 Å². The zero-order chi connectivity index (χ0) is 11.7. The predicted octanol–water partition coefficient (Wildman–Crippen LogP) is 4.01.